The molecule has 7 heteroatoms. The fourth-order valence-electron chi connectivity index (χ4n) is 4.29. The maximum atomic E-state index is 10.3. The summed E-state index contributed by atoms with van der Waals surface area (Å²) < 4.78 is 3.35. The molecule has 2 aromatic heterocycles. The van der Waals surface area contributed by atoms with Gasteiger partial charge in [0.2, 0.25) is 0 Å². The van der Waals surface area contributed by atoms with Crippen molar-refractivity contribution in [3.05, 3.63) is 53.9 Å². The van der Waals surface area contributed by atoms with Gasteiger partial charge in [0, 0.05) is 12.1 Å². The van der Waals surface area contributed by atoms with Gasteiger partial charge in [-0.15, -0.1) is 5.54 Å². The lowest BCUT2D eigenvalue weighted by molar-refractivity contribution is 0.116. The molecule has 5 nitrogen and oxygen atoms in total. The van der Waals surface area contributed by atoms with Crippen LogP contribution in [-0.4, -0.2) is 39.9 Å². The van der Waals surface area contributed by atoms with Crippen LogP contribution in [-0.2, 0) is 6.54 Å². The maximum Gasteiger partial charge on any atom is 0.184 e. The highest BCUT2D eigenvalue weighted by atomic mass is 32.1. The molecule has 0 spiro atoms. The fraction of sp³-hybridized carbons (Fsp3) is 0.385. The van der Waals surface area contributed by atoms with E-state index >= 15 is 0 Å². The van der Waals surface area contributed by atoms with Gasteiger partial charge in [-0.25, -0.2) is 9.97 Å². The normalized spacial score (nSPS) is 18.9. The molecule has 0 saturated heterocycles. The van der Waals surface area contributed by atoms with Crippen LogP contribution >= 0.6 is 11.3 Å². The minimum absolute atomic E-state index is 0.108. The summed E-state index contributed by atoms with van der Waals surface area (Å²) in [6.07, 6.45) is 5.78. The Labute approximate surface area is 199 Å². The minimum atomic E-state index is -1.40. The number of aliphatic hydroxyl groups excluding tert-OH is 1. The van der Waals surface area contributed by atoms with Crippen LogP contribution in [0, 0.1) is 11.5 Å². The molecule has 2 aromatic carbocycles. The Morgan fingerprint density at radius 3 is 2.79 bits per heavy atom. The van der Waals surface area contributed by atoms with E-state index in [-0.39, 0.29) is 12.1 Å². The first-order valence-corrected chi connectivity index (χ1v) is 16.0. The number of benzene rings is 2. The van der Waals surface area contributed by atoms with Crippen LogP contribution in [0.1, 0.15) is 36.8 Å². The Morgan fingerprint density at radius 1 is 1.12 bits per heavy atom. The SMILES string of the molecule is C[Si](C)(C)C#Cc1ccc2c(c1)ncn2Cc1ccc2nc(N[C@@H]3CCCC[C@H]3O)sc2c1. The topological polar surface area (TPSA) is 63.0 Å². The number of hydrogen-bond acceptors (Lipinski definition) is 5. The Hall–Kier alpha value is -2.66. The molecule has 0 aliphatic heterocycles. The van der Waals surface area contributed by atoms with E-state index in [2.05, 4.69) is 82.4 Å². The van der Waals surface area contributed by atoms with Gasteiger partial charge in [-0.3, -0.25) is 0 Å². The third-order valence-corrected chi connectivity index (χ3v) is 7.87. The van der Waals surface area contributed by atoms with Crippen LogP contribution in [0.5, 0.6) is 0 Å². The van der Waals surface area contributed by atoms with Crippen molar-refractivity contribution in [3.63, 3.8) is 0 Å². The van der Waals surface area contributed by atoms with Crippen LogP contribution < -0.4 is 5.32 Å². The fourth-order valence-corrected chi connectivity index (χ4v) is 5.80. The van der Waals surface area contributed by atoms with Gasteiger partial charge >= 0.3 is 0 Å². The van der Waals surface area contributed by atoms with Gasteiger partial charge in [0.1, 0.15) is 8.07 Å². The molecule has 4 aromatic rings. The van der Waals surface area contributed by atoms with E-state index in [4.69, 9.17) is 4.98 Å². The van der Waals surface area contributed by atoms with Gasteiger partial charge in [0.15, 0.2) is 5.13 Å². The van der Waals surface area contributed by atoms with Crippen molar-refractivity contribution in [2.75, 3.05) is 5.32 Å². The summed E-state index contributed by atoms with van der Waals surface area (Å²) >= 11 is 1.66. The van der Waals surface area contributed by atoms with E-state index < -0.39 is 8.07 Å². The van der Waals surface area contributed by atoms with Crippen LogP contribution in [0.15, 0.2) is 42.7 Å². The number of hydrogen-bond donors (Lipinski definition) is 2. The van der Waals surface area contributed by atoms with Gasteiger partial charge < -0.3 is 15.0 Å². The first kappa shape index (κ1) is 22.1. The molecule has 1 aliphatic rings. The number of anilines is 1. The second-order valence-electron chi connectivity index (χ2n) is 10.00. The summed E-state index contributed by atoms with van der Waals surface area (Å²) in [6.45, 7) is 7.52. The number of thiazole rings is 1. The zero-order valence-corrected chi connectivity index (χ0v) is 21.2. The van der Waals surface area contributed by atoms with E-state index in [9.17, 15) is 5.11 Å². The van der Waals surface area contributed by atoms with Crippen LogP contribution in [0.2, 0.25) is 19.6 Å². The summed E-state index contributed by atoms with van der Waals surface area (Å²) in [4.78, 5) is 9.36. The van der Waals surface area contributed by atoms with Crippen molar-refractivity contribution in [1.29, 1.82) is 0 Å². The standard InChI is InChI=1S/C26H30N4OSSi/c1-33(2,3)13-12-18-9-11-23-22(14-18)27-17-30(23)16-19-8-10-21-25(15-19)32-26(29-21)28-20-6-4-5-7-24(20)31/h8-11,14-15,17,20,24,31H,4-7,16H2,1-3H3,(H,28,29)/t20-,24-/m1/s1. The molecular formula is C26H30N4OSSi. The molecule has 33 heavy (non-hydrogen) atoms. The number of aliphatic hydroxyl groups is 1. The van der Waals surface area contributed by atoms with Gasteiger partial charge in [0.25, 0.3) is 0 Å². The third-order valence-electron chi connectivity index (χ3n) is 6.05. The highest BCUT2D eigenvalue weighted by Crippen LogP contribution is 2.30. The molecule has 2 atom stereocenters. The van der Waals surface area contributed by atoms with Crippen molar-refractivity contribution >= 4 is 45.8 Å². The number of aromatic nitrogens is 3. The summed E-state index contributed by atoms with van der Waals surface area (Å²) in [7, 11) is -1.40. The quantitative estimate of drug-likeness (QED) is 0.297. The first-order chi connectivity index (χ1) is 15.8. The van der Waals surface area contributed by atoms with Gasteiger partial charge in [0.05, 0.1) is 39.7 Å². The largest absolute Gasteiger partial charge is 0.391 e. The van der Waals surface area contributed by atoms with Gasteiger partial charge in [-0.05, 0) is 48.7 Å². The van der Waals surface area contributed by atoms with E-state index in [0.717, 1.165) is 64.2 Å². The molecule has 1 saturated carbocycles. The highest BCUT2D eigenvalue weighted by Gasteiger charge is 2.23. The molecule has 5 rings (SSSR count). The lowest BCUT2D eigenvalue weighted by Crippen LogP contribution is -2.36. The number of imidazole rings is 1. The predicted octanol–water partition coefficient (Wildman–Crippen LogP) is 5.64. The number of nitrogens with one attached hydrogen (secondary N) is 1. The molecule has 2 N–H and O–H groups in total. The van der Waals surface area contributed by atoms with Crippen LogP contribution in [0.4, 0.5) is 5.13 Å². The van der Waals surface area contributed by atoms with Crippen molar-refractivity contribution in [3.8, 4) is 11.5 Å². The number of nitrogens with zero attached hydrogens (tertiary/aromatic N) is 3. The molecule has 2 heterocycles. The van der Waals surface area contributed by atoms with E-state index in [1.165, 1.54) is 5.56 Å². The Balaban J connectivity index is 1.34. The van der Waals surface area contributed by atoms with Crippen LogP contribution in [0.3, 0.4) is 0 Å². The van der Waals surface area contributed by atoms with Crippen molar-refractivity contribution < 1.29 is 5.11 Å². The van der Waals surface area contributed by atoms with E-state index in [0.29, 0.717) is 0 Å². The van der Waals surface area contributed by atoms with Crippen molar-refractivity contribution in [2.45, 2.75) is 64.0 Å². The Morgan fingerprint density at radius 2 is 1.97 bits per heavy atom. The Bertz CT molecular complexity index is 1360. The molecule has 170 valence electrons. The van der Waals surface area contributed by atoms with E-state index in [1.54, 1.807) is 11.3 Å². The summed E-state index contributed by atoms with van der Waals surface area (Å²) in [5.41, 5.74) is 8.77. The lowest BCUT2D eigenvalue weighted by Gasteiger charge is -2.27. The average Bonchev–Trinajstić information content (AvgIpc) is 3.36. The molecule has 0 radical (unpaired) electrons. The monoisotopic (exact) mass is 474 g/mol. The summed E-state index contributed by atoms with van der Waals surface area (Å²) in [6, 6.07) is 12.9. The zero-order chi connectivity index (χ0) is 23.0. The average molecular weight is 475 g/mol. The summed E-state index contributed by atoms with van der Waals surface area (Å²) in [5, 5.41) is 14.6. The van der Waals surface area contributed by atoms with Crippen molar-refractivity contribution in [1.82, 2.24) is 14.5 Å². The minimum Gasteiger partial charge on any atom is -0.391 e. The smallest absolute Gasteiger partial charge is 0.184 e. The molecule has 1 aliphatic carbocycles. The predicted molar refractivity (Wildman–Crippen MR) is 141 cm³/mol. The maximum absolute atomic E-state index is 10.3. The number of fused-ring (bicyclic) bond motifs is 2. The van der Waals surface area contributed by atoms with Gasteiger partial charge in [-0.1, -0.05) is 55.8 Å². The third kappa shape index (κ3) is 5.14. The molecule has 1 fully saturated rings. The molecule has 0 unspecified atom stereocenters. The number of rotatable bonds is 4. The zero-order valence-electron chi connectivity index (χ0n) is 19.4. The molecule has 0 amide bonds. The Kier molecular flexibility index (Phi) is 6.00. The first-order valence-electron chi connectivity index (χ1n) is 11.7. The van der Waals surface area contributed by atoms with E-state index in [1.807, 2.05) is 6.33 Å². The second kappa shape index (κ2) is 8.94. The van der Waals surface area contributed by atoms with Crippen LogP contribution in [0.25, 0.3) is 21.3 Å². The molecule has 0 bridgehead atoms. The molecular weight excluding hydrogens is 444 g/mol. The van der Waals surface area contributed by atoms with Crippen molar-refractivity contribution in [2.24, 2.45) is 0 Å². The summed E-state index contributed by atoms with van der Waals surface area (Å²) in [5.74, 6) is 3.33. The van der Waals surface area contributed by atoms with Gasteiger partial charge in [-0.2, -0.15) is 0 Å². The highest BCUT2D eigenvalue weighted by molar-refractivity contribution is 7.22. The lowest BCUT2D eigenvalue weighted by atomic mass is 9.93. The second-order valence-corrected chi connectivity index (χ2v) is 15.8.